The Morgan fingerprint density at radius 3 is 2.57 bits per heavy atom. The van der Waals surface area contributed by atoms with Crippen molar-refractivity contribution >= 4 is 27.8 Å². The molecule has 23 heavy (non-hydrogen) atoms. The van der Waals surface area contributed by atoms with Crippen LogP contribution in [0.3, 0.4) is 0 Å². The standard InChI is InChI=1S/C17H17NO3.C2H6/c1-11(17(19)20)9-10-21-15-8-4-7-14-16(15)12-5-2-3-6-13(12)18-14;1-2/h2-8,11,18H,9-10H2,1H3,(H,19,20);1-2H3. The smallest absolute Gasteiger partial charge is 0.306 e. The highest BCUT2D eigenvalue weighted by Crippen LogP contribution is 2.33. The van der Waals surface area contributed by atoms with Gasteiger partial charge in [0.05, 0.1) is 18.0 Å². The van der Waals surface area contributed by atoms with Gasteiger partial charge in [0.2, 0.25) is 0 Å². The van der Waals surface area contributed by atoms with Gasteiger partial charge in [0, 0.05) is 16.3 Å². The highest BCUT2D eigenvalue weighted by Gasteiger charge is 2.12. The summed E-state index contributed by atoms with van der Waals surface area (Å²) in [7, 11) is 0. The van der Waals surface area contributed by atoms with Crippen LogP contribution >= 0.6 is 0 Å². The van der Waals surface area contributed by atoms with Crippen molar-refractivity contribution in [3.05, 3.63) is 42.5 Å². The number of hydrogen-bond donors (Lipinski definition) is 2. The number of carboxylic acid groups (broad SMARTS) is 1. The van der Waals surface area contributed by atoms with Crippen LogP contribution in [0.25, 0.3) is 21.8 Å². The van der Waals surface area contributed by atoms with E-state index >= 15 is 0 Å². The van der Waals surface area contributed by atoms with Gasteiger partial charge < -0.3 is 14.8 Å². The molecule has 0 saturated carbocycles. The molecule has 0 amide bonds. The normalized spacial score (nSPS) is 11.8. The van der Waals surface area contributed by atoms with Gasteiger partial charge in [0.25, 0.3) is 0 Å². The van der Waals surface area contributed by atoms with E-state index in [-0.39, 0.29) is 0 Å². The molecule has 1 unspecified atom stereocenters. The van der Waals surface area contributed by atoms with Crippen LogP contribution in [0.1, 0.15) is 27.2 Å². The number of hydrogen-bond acceptors (Lipinski definition) is 2. The molecule has 4 heteroatoms. The summed E-state index contributed by atoms with van der Waals surface area (Å²) in [5.74, 6) is -0.390. The van der Waals surface area contributed by atoms with Crippen molar-refractivity contribution in [1.82, 2.24) is 4.98 Å². The molecule has 2 N–H and O–H groups in total. The first-order chi connectivity index (χ1) is 11.2. The predicted octanol–water partition coefficient (Wildman–Crippen LogP) is 4.84. The lowest BCUT2D eigenvalue weighted by Gasteiger charge is -2.09. The number of aliphatic carboxylic acids is 1. The molecule has 0 aliphatic rings. The number of fused-ring (bicyclic) bond motifs is 3. The number of carbonyl (C=O) groups is 1. The zero-order valence-electron chi connectivity index (χ0n) is 13.8. The Hall–Kier alpha value is -2.49. The second kappa shape index (κ2) is 7.68. The molecule has 4 nitrogen and oxygen atoms in total. The summed E-state index contributed by atoms with van der Waals surface area (Å²) in [5.41, 5.74) is 2.10. The van der Waals surface area contributed by atoms with Crippen LogP contribution in [-0.4, -0.2) is 22.7 Å². The predicted molar refractivity (Wildman–Crippen MR) is 94.1 cm³/mol. The van der Waals surface area contributed by atoms with E-state index in [0.717, 1.165) is 27.6 Å². The van der Waals surface area contributed by atoms with Crippen LogP contribution in [-0.2, 0) is 4.79 Å². The maximum atomic E-state index is 10.8. The Labute approximate surface area is 136 Å². The molecule has 2 aromatic carbocycles. The quantitative estimate of drug-likeness (QED) is 0.708. The van der Waals surface area contributed by atoms with E-state index in [0.29, 0.717) is 13.0 Å². The van der Waals surface area contributed by atoms with Crippen LogP contribution in [0.5, 0.6) is 5.75 Å². The van der Waals surface area contributed by atoms with E-state index in [1.54, 1.807) is 6.92 Å². The van der Waals surface area contributed by atoms with Crippen molar-refractivity contribution in [3.8, 4) is 5.75 Å². The summed E-state index contributed by atoms with van der Waals surface area (Å²) in [4.78, 5) is 14.2. The topological polar surface area (TPSA) is 62.3 Å². The largest absolute Gasteiger partial charge is 0.493 e. The molecule has 0 aliphatic heterocycles. The summed E-state index contributed by atoms with van der Waals surface area (Å²) in [5, 5.41) is 11.1. The Kier molecular flexibility index (Phi) is 5.63. The first-order valence-corrected chi connectivity index (χ1v) is 8.02. The number of para-hydroxylation sites is 1. The molecule has 1 aromatic heterocycles. The average Bonchev–Trinajstić information content (AvgIpc) is 2.96. The van der Waals surface area contributed by atoms with Crippen molar-refractivity contribution in [2.75, 3.05) is 6.61 Å². The molecule has 1 atom stereocenters. The summed E-state index contributed by atoms with van der Waals surface area (Å²) in [6.07, 6.45) is 0.494. The number of rotatable bonds is 5. The molecule has 0 spiro atoms. The maximum absolute atomic E-state index is 10.8. The van der Waals surface area contributed by atoms with Crippen LogP contribution in [0.2, 0.25) is 0 Å². The van der Waals surface area contributed by atoms with Gasteiger partial charge in [-0.25, -0.2) is 0 Å². The number of H-pyrrole nitrogens is 1. The van der Waals surface area contributed by atoms with Gasteiger partial charge in [-0.15, -0.1) is 0 Å². The van der Waals surface area contributed by atoms with Gasteiger partial charge in [-0.1, -0.05) is 45.0 Å². The van der Waals surface area contributed by atoms with Gasteiger partial charge in [-0.05, 0) is 24.6 Å². The van der Waals surface area contributed by atoms with Crippen molar-refractivity contribution in [2.45, 2.75) is 27.2 Å². The number of nitrogens with one attached hydrogen (secondary N) is 1. The van der Waals surface area contributed by atoms with Gasteiger partial charge in [0.1, 0.15) is 5.75 Å². The Morgan fingerprint density at radius 1 is 1.13 bits per heavy atom. The van der Waals surface area contributed by atoms with Gasteiger partial charge in [0.15, 0.2) is 0 Å². The van der Waals surface area contributed by atoms with Crippen molar-refractivity contribution in [3.63, 3.8) is 0 Å². The van der Waals surface area contributed by atoms with Crippen molar-refractivity contribution < 1.29 is 14.6 Å². The fourth-order valence-corrected chi connectivity index (χ4v) is 2.46. The summed E-state index contributed by atoms with van der Waals surface area (Å²) in [6, 6.07) is 14.0. The molecule has 0 saturated heterocycles. The third kappa shape index (κ3) is 3.65. The molecule has 3 aromatic rings. The third-order valence-corrected chi connectivity index (χ3v) is 3.72. The second-order valence-corrected chi connectivity index (χ2v) is 5.23. The Morgan fingerprint density at radius 2 is 1.83 bits per heavy atom. The van der Waals surface area contributed by atoms with E-state index in [4.69, 9.17) is 9.84 Å². The maximum Gasteiger partial charge on any atom is 0.306 e. The number of ether oxygens (including phenoxy) is 1. The van der Waals surface area contributed by atoms with Crippen LogP contribution < -0.4 is 4.74 Å². The van der Waals surface area contributed by atoms with Gasteiger partial charge in [-0.2, -0.15) is 0 Å². The zero-order chi connectivity index (χ0) is 16.8. The zero-order valence-corrected chi connectivity index (χ0v) is 13.8. The lowest BCUT2D eigenvalue weighted by atomic mass is 10.1. The van der Waals surface area contributed by atoms with E-state index in [1.165, 1.54) is 0 Å². The first kappa shape index (κ1) is 16.9. The minimum absolute atomic E-state index is 0.395. The lowest BCUT2D eigenvalue weighted by Crippen LogP contribution is -2.13. The minimum Gasteiger partial charge on any atom is -0.493 e. The lowest BCUT2D eigenvalue weighted by molar-refractivity contribution is -0.141. The number of aromatic nitrogens is 1. The average molecular weight is 313 g/mol. The third-order valence-electron chi connectivity index (χ3n) is 3.72. The minimum atomic E-state index is -0.788. The van der Waals surface area contributed by atoms with Gasteiger partial charge >= 0.3 is 5.97 Å². The monoisotopic (exact) mass is 313 g/mol. The second-order valence-electron chi connectivity index (χ2n) is 5.23. The van der Waals surface area contributed by atoms with E-state index in [1.807, 2.05) is 50.2 Å². The molecule has 0 bridgehead atoms. The molecule has 3 rings (SSSR count). The molecular formula is C19H23NO3. The van der Waals surface area contributed by atoms with E-state index < -0.39 is 11.9 Å². The van der Waals surface area contributed by atoms with Crippen molar-refractivity contribution in [1.29, 1.82) is 0 Å². The summed E-state index contributed by atoms with van der Waals surface area (Å²) >= 11 is 0. The summed E-state index contributed by atoms with van der Waals surface area (Å²) in [6.45, 7) is 6.09. The first-order valence-electron chi connectivity index (χ1n) is 8.02. The summed E-state index contributed by atoms with van der Waals surface area (Å²) < 4.78 is 5.82. The molecular weight excluding hydrogens is 290 g/mol. The highest BCUT2D eigenvalue weighted by atomic mass is 16.5. The van der Waals surface area contributed by atoms with Crippen LogP contribution in [0, 0.1) is 5.92 Å². The number of benzene rings is 2. The fraction of sp³-hybridized carbons (Fsp3) is 0.316. The van der Waals surface area contributed by atoms with Gasteiger partial charge in [-0.3, -0.25) is 4.79 Å². The Bertz CT molecular complexity index is 792. The SMILES string of the molecule is CC.CC(CCOc1cccc2[nH]c3ccccc3c12)C(=O)O. The van der Waals surface area contributed by atoms with E-state index in [2.05, 4.69) is 11.1 Å². The number of carboxylic acids is 1. The highest BCUT2D eigenvalue weighted by molar-refractivity contribution is 6.10. The van der Waals surface area contributed by atoms with Crippen LogP contribution in [0.15, 0.2) is 42.5 Å². The molecule has 0 aliphatic carbocycles. The van der Waals surface area contributed by atoms with Crippen molar-refractivity contribution in [2.24, 2.45) is 5.92 Å². The molecule has 0 radical (unpaired) electrons. The van der Waals surface area contributed by atoms with Crippen LogP contribution in [0.4, 0.5) is 0 Å². The van der Waals surface area contributed by atoms with E-state index in [9.17, 15) is 4.79 Å². The Balaban J connectivity index is 0.000000924. The fourth-order valence-electron chi connectivity index (χ4n) is 2.46. The molecule has 0 fully saturated rings. The molecule has 122 valence electrons. The molecule has 1 heterocycles. The number of aromatic amines is 1.